The van der Waals surface area contributed by atoms with Crippen molar-refractivity contribution in [2.24, 2.45) is 0 Å². The number of aliphatic hydroxyl groups is 1. The Bertz CT molecular complexity index is 976. The summed E-state index contributed by atoms with van der Waals surface area (Å²) < 4.78 is 42.0. The van der Waals surface area contributed by atoms with Crippen LogP contribution in [0.1, 0.15) is 18.1 Å². The Morgan fingerprint density at radius 3 is 2.20 bits per heavy atom. The van der Waals surface area contributed by atoms with Gasteiger partial charge in [0.1, 0.15) is 11.9 Å². The predicted octanol–water partition coefficient (Wildman–Crippen LogP) is 2.22. The number of nitrogens with one attached hydrogen (secondary N) is 1. The van der Waals surface area contributed by atoms with Crippen molar-refractivity contribution in [3.8, 4) is 17.2 Å². The number of anilines is 1. The van der Waals surface area contributed by atoms with Gasteiger partial charge in [-0.1, -0.05) is 0 Å². The highest BCUT2D eigenvalue weighted by Crippen LogP contribution is 2.34. The van der Waals surface area contributed by atoms with Gasteiger partial charge in [0.15, 0.2) is 17.7 Å². The summed E-state index contributed by atoms with van der Waals surface area (Å²) in [6.07, 6.45) is 0.597. The summed E-state index contributed by atoms with van der Waals surface area (Å²) in [5.41, 5.74) is 2.73. The van der Waals surface area contributed by atoms with Gasteiger partial charge < -0.3 is 19.3 Å². The molecule has 0 radical (unpaired) electrons. The van der Waals surface area contributed by atoms with Gasteiger partial charge in [0.25, 0.3) is 0 Å². The quantitative estimate of drug-likeness (QED) is 0.655. The minimum atomic E-state index is -3.34. The summed E-state index contributed by atoms with van der Waals surface area (Å²) >= 11 is 0. The molecule has 1 heterocycles. The van der Waals surface area contributed by atoms with Crippen molar-refractivity contribution in [3.05, 3.63) is 47.5 Å². The fourth-order valence-corrected chi connectivity index (χ4v) is 4.12. The molecule has 30 heavy (non-hydrogen) atoms. The van der Waals surface area contributed by atoms with E-state index in [9.17, 15) is 13.5 Å². The molecule has 9 heteroatoms. The van der Waals surface area contributed by atoms with E-state index in [2.05, 4.69) is 9.62 Å². The highest BCUT2D eigenvalue weighted by molar-refractivity contribution is 7.92. The van der Waals surface area contributed by atoms with Crippen molar-refractivity contribution in [3.63, 3.8) is 0 Å². The molecular weight excluding hydrogens is 408 g/mol. The topological polar surface area (TPSA) is 97.3 Å². The molecule has 0 fully saturated rings. The first-order chi connectivity index (χ1) is 14.2. The number of sulfonamides is 1. The van der Waals surface area contributed by atoms with Crippen LogP contribution in [0, 0.1) is 0 Å². The van der Waals surface area contributed by atoms with Crippen molar-refractivity contribution >= 4 is 15.7 Å². The Morgan fingerprint density at radius 2 is 1.67 bits per heavy atom. The lowest BCUT2D eigenvalue weighted by atomic mass is 9.98. The van der Waals surface area contributed by atoms with Crippen LogP contribution < -0.4 is 18.9 Å². The first kappa shape index (κ1) is 22.2. The third-order valence-corrected chi connectivity index (χ3v) is 5.54. The van der Waals surface area contributed by atoms with Gasteiger partial charge in [-0.2, -0.15) is 0 Å². The molecule has 2 aromatic carbocycles. The molecule has 0 spiro atoms. The Balaban J connectivity index is 1.76. The third kappa shape index (κ3) is 5.35. The van der Waals surface area contributed by atoms with Gasteiger partial charge in [0, 0.05) is 18.8 Å². The van der Waals surface area contributed by atoms with Crippen molar-refractivity contribution in [2.45, 2.75) is 32.2 Å². The average Bonchev–Trinajstić information content (AvgIpc) is 2.70. The van der Waals surface area contributed by atoms with Crippen LogP contribution in [0.15, 0.2) is 36.4 Å². The Labute approximate surface area is 177 Å². The Kier molecular flexibility index (Phi) is 6.74. The second-order valence-corrected chi connectivity index (χ2v) is 9.09. The molecule has 2 aromatic rings. The number of benzene rings is 2. The van der Waals surface area contributed by atoms with Crippen molar-refractivity contribution in [1.82, 2.24) is 4.90 Å². The van der Waals surface area contributed by atoms with Crippen LogP contribution in [0.3, 0.4) is 0 Å². The lowest BCUT2D eigenvalue weighted by Gasteiger charge is -2.37. The van der Waals surface area contributed by atoms with E-state index in [1.165, 1.54) is 5.56 Å². The van der Waals surface area contributed by atoms with Gasteiger partial charge in [-0.05, 0) is 60.9 Å². The largest absolute Gasteiger partial charge is 0.493 e. The van der Waals surface area contributed by atoms with E-state index in [0.717, 1.165) is 18.2 Å². The number of ether oxygens (including phenoxy) is 3. The number of nitrogens with zero attached hydrogens (tertiary/aromatic N) is 1. The van der Waals surface area contributed by atoms with Gasteiger partial charge in [-0.3, -0.25) is 9.62 Å². The van der Waals surface area contributed by atoms with Crippen molar-refractivity contribution < 1.29 is 27.7 Å². The predicted molar refractivity (Wildman–Crippen MR) is 115 cm³/mol. The second-order valence-electron chi connectivity index (χ2n) is 7.34. The summed E-state index contributed by atoms with van der Waals surface area (Å²) in [4.78, 5) is 2.07. The van der Waals surface area contributed by atoms with Gasteiger partial charge in [-0.15, -0.1) is 0 Å². The number of rotatable bonds is 8. The van der Waals surface area contributed by atoms with Crippen LogP contribution in [-0.2, 0) is 23.0 Å². The lowest BCUT2D eigenvalue weighted by molar-refractivity contribution is -0.0647. The van der Waals surface area contributed by atoms with Gasteiger partial charge in [0.2, 0.25) is 10.0 Å². The molecule has 1 aliphatic heterocycles. The van der Waals surface area contributed by atoms with E-state index in [1.54, 1.807) is 45.4 Å². The van der Waals surface area contributed by atoms with Crippen LogP contribution in [0.5, 0.6) is 17.2 Å². The SMILES string of the molecule is COc1cc2c(cc1OC)CN([C@@H](Oc1ccc(NS(C)(=O)=O)cc1)C(C)O)CC2. The zero-order valence-electron chi connectivity index (χ0n) is 17.6. The minimum Gasteiger partial charge on any atom is -0.493 e. The molecule has 0 bridgehead atoms. The highest BCUT2D eigenvalue weighted by atomic mass is 32.2. The average molecular weight is 437 g/mol. The van der Waals surface area contributed by atoms with Crippen LogP contribution >= 0.6 is 0 Å². The molecule has 1 unspecified atom stereocenters. The number of fused-ring (bicyclic) bond motifs is 1. The molecule has 2 atom stereocenters. The molecule has 0 amide bonds. The van der Waals surface area contributed by atoms with E-state index in [1.807, 2.05) is 12.1 Å². The van der Waals surface area contributed by atoms with Gasteiger partial charge in [-0.25, -0.2) is 8.42 Å². The molecule has 0 saturated heterocycles. The van der Waals surface area contributed by atoms with E-state index in [-0.39, 0.29) is 0 Å². The third-order valence-electron chi connectivity index (χ3n) is 4.93. The van der Waals surface area contributed by atoms with Crippen molar-refractivity contribution in [2.75, 3.05) is 31.7 Å². The maximum absolute atomic E-state index is 11.3. The van der Waals surface area contributed by atoms with Crippen LogP contribution in [0.4, 0.5) is 5.69 Å². The molecule has 0 saturated carbocycles. The molecule has 0 aliphatic carbocycles. The summed E-state index contributed by atoms with van der Waals surface area (Å²) in [6, 6.07) is 10.6. The monoisotopic (exact) mass is 436 g/mol. The summed E-state index contributed by atoms with van der Waals surface area (Å²) in [7, 11) is -0.117. The smallest absolute Gasteiger partial charge is 0.229 e. The highest BCUT2D eigenvalue weighted by Gasteiger charge is 2.29. The molecule has 3 rings (SSSR count). The number of hydrogen-bond donors (Lipinski definition) is 2. The fraction of sp³-hybridized carbons (Fsp3) is 0.429. The zero-order valence-corrected chi connectivity index (χ0v) is 18.4. The summed E-state index contributed by atoms with van der Waals surface area (Å²) in [5.74, 6) is 1.91. The summed E-state index contributed by atoms with van der Waals surface area (Å²) in [5, 5.41) is 10.4. The second kappa shape index (κ2) is 9.11. The Morgan fingerprint density at radius 1 is 1.07 bits per heavy atom. The maximum Gasteiger partial charge on any atom is 0.229 e. The normalized spacial score (nSPS) is 16.3. The first-order valence-electron chi connectivity index (χ1n) is 9.60. The van der Waals surface area contributed by atoms with E-state index in [4.69, 9.17) is 14.2 Å². The molecule has 8 nitrogen and oxygen atoms in total. The van der Waals surface area contributed by atoms with Crippen LogP contribution in [0.25, 0.3) is 0 Å². The molecule has 2 N–H and O–H groups in total. The van der Waals surface area contributed by atoms with Gasteiger partial charge in [0.05, 0.1) is 20.5 Å². The van der Waals surface area contributed by atoms with Crippen LogP contribution in [-0.4, -0.2) is 57.8 Å². The maximum atomic E-state index is 11.3. The van der Waals surface area contributed by atoms with Crippen molar-refractivity contribution in [1.29, 1.82) is 0 Å². The van der Waals surface area contributed by atoms with Crippen LogP contribution in [0.2, 0.25) is 0 Å². The Hall–Kier alpha value is -2.49. The first-order valence-corrected chi connectivity index (χ1v) is 11.5. The zero-order chi connectivity index (χ0) is 21.9. The van der Waals surface area contributed by atoms with E-state index in [0.29, 0.717) is 36.0 Å². The summed E-state index contributed by atoms with van der Waals surface area (Å²) in [6.45, 7) is 3.00. The number of methoxy groups -OCH3 is 2. The number of aliphatic hydroxyl groups excluding tert-OH is 1. The fourth-order valence-electron chi connectivity index (χ4n) is 3.56. The molecule has 1 aliphatic rings. The lowest BCUT2D eigenvalue weighted by Crippen LogP contribution is -2.48. The van der Waals surface area contributed by atoms with E-state index >= 15 is 0 Å². The minimum absolute atomic E-state index is 0.450. The molecule has 164 valence electrons. The molecule has 0 aromatic heterocycles. The van der Waals surface area contributed by atoms with E-state index < -0.39 is 22.4 Å². The van der Waals surface area contributed by atoms with Gasteiger partial charge >= 0.3 is 0 Å². The number of hydrogen-bond acceptors (Lipinski definition) is 7. The molecular formula is C21H28N2O6S. The standard InChI is InChI=1S/C21H28N2O6S/c1-14(24)21(29-18-7-5-17(6-8-18)22-30(4,25)26)23-10-9-15-11-19(27-2)20(28-3)12-16(15)13-23/h5-8,11-12,14,21-22,24H,9-10,13H2,1-4H3/t14?,21-/m0/s1.